The van der Waals surface area contributed by atoms with E-state index < -0.39 is 0 Å². The number of hydrogen-bond donors (Lipinski definition) is 3. The van der Waals surface area contributed by atoms with Crippen molar-refractivity contribution < 1.29 is 0 Å². The molecule has 3 heterocycles. The van der Waals surface area contributed by atoms with Crippen LogP contribution in [0.2, 0.25) is 10.6 Å². The highest BCUT2D eigenvalue weighted by Crippen LogP contribution is 1.96. The van der Waals surface area contributed by atoms with Gasteiger partial charge in [-0.15, -0.1) is 10.6 Å². The van der Waals surface area contributed by atoms with E-state index in [4.69, 9.17) is 0 Å². The van der Waals surface area contributed by atoms with E-state index in [0.717, 1.165) is 0 Å². The van der Waals surface area contributed by atoms with Crippen LogP contribution in [-0.4, -0.2) is 30.2 Å². The molecule has 0 atom stereocenters. The van der Waals surface area contributed by atoms with Crippen molar-refractivity contribution in [2.75, 3.05) is 0 Å². The minimum atomic E-state index is 0.432. The zero-order chi connectivity index (χ0) is 19.9. The Morgan fingerprint density at radius 3 is 0.731 bits per heavy atom. The van der Waals surface area contributed by atoms with Crippen LogP contribution < -0.4 is 0 Å². The minimum Gasteiger partial charge on any atom is -0.363 e. The van der Waals surface area contributed by atoms with Gasteiger partial charge in [0.2, 0.25) is 15.2 Å². The van der Waals surface area contributed by atoms with Crippen LogP contribution in [0.5, 0.6) is 0 Å². The molecule has 0 amide bonds. The van der Waals surface area contributed by atoms with Gasteiger partial charge in [-0.2, -0.15) is 0 Å². The molecule has 3 aromatic heterocycles. The molecule has 0 aliphatic rings. The number of hydrogen-bond acceptors (Lipinski definition) is 0. The monoisotopic (exact) mass is 371 g/mol. The van der Waals surface area contributed by atoms with Crippen LogP contribution in [-0.2, 0) is 0 Å². The van der Waals surface area contributed by atoms with E-state index in [0.29, 0.717) is 15.2 Å². The predicted octanol–water partition coefficient (Wildman–Crippen LogP) is 6.19. The maximum Gasteiger partial charge on any atom is 0.236 e. The number of aryl methyl sites for hydroxylation is 6. The summed E-state index contributed by atoms with van der Waals surface area (Å²) in [5.74, 6) is 0. The summed E-state index contributed by atoms with van der Waals surface area (Å²) in [5.41, 5.74) is 7.40. The zero-order valence-corrected chi connectivity index (χ0v) is 19.5. The average molecular weight is 372 g/mol. The molecule has 0 unspecified atom stereocenters. The first-order valence-electron chi connectivity index (χ1n) is 9.65. The van der Waals surface area contributed by atoms with Gasteiger partial charge in [0.25, 0.3) is 0 Å². The van der Waals surface area contributed by atoms with Gasteiger partial charge in [0.15, 0.2) is 0 Å². The van der Waals surface area contributed by atoms with Gasteiger partial charge in [-0.05, 0) is 77.9 Å². The number of nitrogens with one attached hydrogen (secondary N) is 3. The Kier molecular flexibility index (Phi) is 13.6. The van der Waals surface area contributed by atoms with Crippen molar-refractivity contribution in [2.45, 2.75) is 66.0 Å². The molecule has 3 N–H and O–H groups in total. The molecule has 3 aromatic rings. The second-order valence-electron chi connectivity index (χ2n) is 6.83. The Hall–Kier alpha value is -1.63. The van der Waals surface area contributed by atoms with Gasteiger partial charge in [0.1, 0.15) is 0 Å². The van der Waals surface area contributed by atoms with Gasteiger partial charge >= 0.3 is 0 Å². The molecule has 4 heteroatoms. The first kappa shape index (κ1) is 24.4. The Morgan fingerprint density at radius 2 is 0.692 bits per heavy atom. The lowest BCUT2D eigenvalue weighted by Crippen LogP contribution is -1.76. The summed E-state index contributed by atoms with van der Waals surface area (Å²) < 4.78 is 0. The highest BCUT2D eigenvalue weighted by atomic mass is 27.1. The van der Waals surface area contributed by atoms with E-state index in [2.05, 4.69) is 65.2 Å². The number of rotatable bonds is 2. The van der Waals surface area contributed by atoms with E-state index in [1.54, 1.807) is 0 Å². The molecular weight excluding hydrogens is 333 g/mol. The van der Waals surface area contributed by atoms with Crippen LogP contribution in [0.1, 0.15) is 48.0 Å². The second kappa shape index (κ2) is 14.5. The zero-order valence-electron chi connectivity index (χ0n) is 18.1. The smallest absolute Gasteiger partial charge is 0.236 e. The maximum absolute atomic E-state index is 3.14. The van der Waals surface area contributed by atoms with E-state index >= 15 is 0 Å². The third kappa shape index (κ3) is 13.6. The fraction of sp³-hybridized carbons (Fsp3) is 0.455. The molecule has 26 heavy (non-hydrogen) atoms. The van der Waals surface area contributed by atoms with Gasteiger partial charge < -0.3 is 15.0 Å². The summed E-state index contributed by atoms with van der Waals surface area (Å²) >= 11 is 0.432. The quantitative estimate of drug-likeness (QED) is 0.450. The minimum absolute atomic E-state index is 0.432. The summed E-state index contributed by atoms with van der Waals surface area (Å²) in [7, 11) is 0. The largest absolute Gasteiger partial charge is 0.363 e. The summed E-state index contributed by atoms with van der Waals surface area (Å²) in [5, 5.41) is 2.97. The highest BCUT2D eigenvalue weighted by molar-refractivity contribution is 6.34. The number of aromatic amines is 3. The van der Waals surface area contributed by atoms with Gasteiger partial charge in [0, 0.05) is 34.2 Å². The average Bonchev–Trinajstić information content (AvgIpc) is 3.25. The first-order valence-corrected chi connectivity index (χ1v) is 11.6. The Labute approximate surface area is 166 Å². The molecule has 144 valence electrons. The summed E-state index contributed by atoms with van der Waals surface area (Å²) in [6, 6.07) is 12.4. The summed E-state index contributed by atoms with van der Waals surface area (Å²) in [6.45, 7) is 16.8. The Morgan fingerprint density at radius 1 is 0.500 bits per heavy atom. The SMILES string of the molecule is C[CH2][AlH][CH2]C.Cc1ccc(C)[nH]1.Cc1ccc(C)[nH]1.Cc1ccc(C)[nH]1. The van der Waals surface area contributed by atoms with Crippen molar-refractivity contribution in [2.24, 2.45) is 0 Å². The normalized spacial score (nSPS) is 9.08. The van der Waals surface area contributed by atoms with Gasteiger partial charge in [-0.25, -0.2) is 0 Å². The molecule has 0 fully saturated rings. The topological polar surface area (TPSA) is 47.4 Å². The lowest BCUT2D eigenvalue weighted by molar-refractivity contribution is 1.19. The van der Waals surface area contributed by atoms with Gasteiger partial charge in [-0.1, -0.05) is 13.8 Å². The third-order valence-corrected chi connectivity index (χ3v) is 5.05. The van der Waals surface area contributed by atoms with E-state index in [1.807, 2.05) is 41.5 Å². The lowest BCUT2D eigenvalue weighted by atomic mass is 10.5. The fourth-order valence-electron chi connectivity index (χ4n) is 2.29. The molecule has 0 spiro atoms. The van der Waals surface area contributed by atoms with Crippen LogP contribution in [0.15, 0.2) is 36.4 Å². The van der Waals surface area contributed by atoms with Crippen molar-refractivity contribution in [3.8, 4) is 0 Å². The van der Waals surface area contributed by atoms with Crippen molar-refractivity contribution in [3.05, 3.63) is 70.6 Å². The van der Waals surface area contributed by atoms with E-state index in [-0.39, 0.29) is 0 Å². The molecular formula is C22H38AlN3. The lowest BCUT2D eigenvalue weighted by Gasteiger charge is -1.77. The van der Waals surface area contributed by atoms with Crippen molar-refractivity contribution in [1.82, 2.24) is 15.0 Å². The van der Waals surface area contributed by atoms with E-state index in [9.17, 15) is 0 Å². The summed E-state index contributed by atoms with van der Waals surface area (Å²) in [4.78, 5) is 9.42. The Balaban J connectivity index is 0.000000324. The second-order valence-corrected chi connectivity index (χ2v) is 9.53. The van der Waals surface area contributed by atoms with Crippen LogP contribution in [0.4, 0.5) is 0 Å². The molecule has 0 radical (unpaired) electrons. The molecule has 0 aromatic carbocycles. The fourth-order valence-corrected chi connectivity index (χ4v) is 2.99. The molecule has 0 bridgehead atoms. The third-order valence-electron chi connectivity index (χ3n) is 3.64. The van der Waals surface area contributed by atoms with Crippen LogP contribution >= 0.6 is 0 Å². The summed E-state index contributed by atoms with van der Waals surface area (Å²) in [6.07, 6.45) is 0. The Bertz CT molecular complexity index is 549. The predicted molar refractivity (Wildman–Crippen MR) is 119 cm³/mol. The van der Waals surface area contributed by atoms with Crippen molar-refractivity contribution in [1.29, 1.82) is 0 Å². The van der Waals surface area contributed by atoms with Crippen LogP contribution in [0.25, 0.3) is 0 Å². The van der Waals surface area contributed by atoms with Crippen LogP contribution in [0, 0.1) is 41.5 Å². The standard InChI is InChI=1S/3C6H9N.2C2H5.Al.H/c3*1-5-3-4-6(2)7-5;2*1-2;;/h3*3-4,7H,1-2H3;2*1H2,2H3;;. The maximum atomic E-state index is 3.14. The van der Waals surface area contributed by atoms with Gasteiger partial charge in [0.05, 0.1) is 0 Å². The van der Waals surface area contributed by atoms with Gasteiger partial charge in [-0.3, -0.25) is 0 Å². The molecule has 0 saturated carbocycles. The number of aromatic nitrogens is 3. The highest BCUT2D eigenvalue weighted by Gasteiger charge is 1.83. The molecule has 0 aliphatic heterocycles. The van der Waals surface area contributed by atoms with Crippen molar-refractivity contribution >= 4 is 15.2 Å². The van der Waals surface area contributed by atoms with E-state index in [1.165, 1.54) is 44.7 Å². The molecule has 3 rings (SSSR count). The molecule has 0 aliphatic carbocycles. The first-order chi connectivity index (χ1) is 12.3. The van der Waals surface area contributed by atoms with Crippen molar-refractivity contribution in [3.63, 3.8) is 0 Å². The number of H-pyrrole nitrogens is 3. The molecule has 0 saturated heterocycles. The molecule has 3 nitrogen and oxygen atoms in total. The van der Waals surface area contributed by atoms with Crippen LogP contribution in [0.3, 0.4) is 0 Å².